The van der Waals surface area contributed by atoms with Crippen molar-refractivity contribution in [2.24, 2.45) is 0 Å². The van der Waals surface area contributed by atoms with E-state index in [9.17, 15) is 0 Å². The van der Waals surface area contributed by atoms with Crippen LogP contribution in [0.4, 0.5) is 0 Å². The molecular weight excluding hydrogens is 1730 g/mol. The average molecular weight is 1830 g/mol. The van der Waals surface area contributed by atoms with Crippen LogP contribution < -0.4 is 0 Å². The summed E-state index contributed by atoms with van der Waals surface area (Å²) < 4.78 is 14.6. The lowest BCUT2D eigenvalue weighted by Gasteiger charge is -2.07. The zero-order valence-electron chi connectivity index (χ0n) is 65.2. The number of thiophene rings is 6. The quantitative estimate of drug-likeness (QED) is 0.0510. The number of rotatable bonds is 16. The van der Waals surface area contributed by atoms with Gasteiger partial charge < -0.3 is 4.52 Å². The van der Waals surface area contributed by atoms with E-state index in [0.29, 0.717) is 52.9 Å². The Morgan fingerprint density at radius 1 is 0.459 bits per heavy atom. The highest BCUT2D eigenvalue weighted by Crippen LogP contribution is 2.41. The second kappa shape index (κ2) is 45.2. The Labute approximate surface area is 725 Å². The molecule has 0 aliphatic carbocycles. The van der Waals surface area contributed by atoms with E-state index in [1.807, 2.05) is 149 Å². The van der Waals surface area contributed by atoms with Gasteiger partial charge in [-0.2, -0.15) is 5.10 Å². The zero-order chi connectivity index (χ0) is 79.3. The van der Waals surface area contributed by atoms with Gasteiger partial charge in [0.15, 0.2) is 5.65 Å². The largest absolute Gasteiger partial charge is 0.336 e. The van der Waals surface area contributed by atoms with Crippen molar-refractivity contribution in [2.45, 2.75) is 227 Å². The van der Waals surface area contributed by atoms with Crippen molar-refractivity contribution in [3.8, 4) is 0 Å². The number of hydrogen-bond donors (Lipinski definition) is 0. The van der Waals surface area contributed by atoms with Gasteiger partial charge in [0.1, 0.15) is 26.4 Å². The van der Waals surface area contributed by atoms with Gasteiger partial charge >= 0.3 is 0 Å². The molecule has 588 valence electrons. The predicted octanol–water partition coefficient (Wildman–Crippen LogP) is 30.4. The maximum Gasteiger partial charge on any atom is 0.259 e. The number of fused-ring (bicyclic) bond motifs is 8. The Morgan fingerprint density at radius 3 is 1.63 bits per heavy atom. The summed E-state index contributed by atoms with van der Waals surface area (Å²) in [4.78, 5) is 49.0. The number of aromatic nitrogens is 12. The summed E-state index contributed by atoms with van der Waals surface area (Å²) in [5.74, 6) is 0. The van der Waals surface area contributed by atoms with Crippen LogP contribution in [-0.2, 0) is 0 Å². The number of pyridine rings is 6. The molecule has 0 saturated heterocycles. The average Bonchev–Trinajstić information content (AvgIpc) is 1.69. The molecule has 0 aliphatic heterocycles. The standard InChI is InChI=1S/2C11H13NS2.C10H10BrNS2.C10H10ClNS2.C10H13N3S.C10H12N2OS.C10H11NS2.C9H10N2S2.CH4/c1-7(2)13-10-4-5-12-9-6-8(3)14-11(9)10;1-7(2)14-9-4-5-12-10-8(3)6-13-11(9)10;1-6(2)14-9-7(11)5-12-8-3-4-13-10(8)9;1-6(2)14-8-5-9(11)12-7-3-4-13-10(7)8;1-7(2)14-10-6-8(3)12-9-4-5-11-13(9)10;1-6(2)14-8-4-5-11-10-9(8)7(3)12-13-10;1-7(2)13-9-3-5-11-8-4-6-12-10(8)9;1-6(2)13-9-7-3-4-12-8(7)10-5-11-9;/h2*4-7H,1-3H3;2*3-6H,1-2H3;4-7H,1-3H3;4-6H,1-3H3;3-7H,1-2H3;3-6H,1-2H3;1H4. The first-order chi connectivity index (χ1) is 52.6. The Kier molecular flexibility index (Phi) is 37.4. The lowest BCUT2D eigenvalue weighted by Crippen LogP contribution is -1.99. The first-order valence-corrected chi connectivity index (χ1v) is 49.1. The maximum atomic E-state index is 5.94. The fourth-order valence-electron chi connectivity index (χ4n) is 10.2. The Hall–Kier alpha value is -4.60. The second-order valence-electron chi connectivity index (χ2n) is 26.6. The number of halogens is 2. The smallest absolute Gasteiger partial charge is 0.259 e. The molecule has 0 N–H and O–H groups in total. The van der Waals surface area contributed by atoms with E-state index in [1.54, 1.807) is 98.9 Å². The third-order valence-electron chi connectivity index (χ3n) is 14.2. The summed E-state index contributed by atoms with van der Waals surface area (Å²) in [7, 11) is 0. The third-order valence-corrected chi connectivity index (χ3v) is 30.2. The Balaban J connectivity index is 0.000000159. The molecule has 16 rings (SSSR count). The molecule has 111 heavy (non-hydrogen) atoms. The first-order valence-electron chi connectivity index (χ1n) is 35.7. The fourth-order valence-corrected chi connectivity index (χ4v) is 24.6. The number of thioether (sulfide) groups is 8. The van der Waals surface area contributed by atoms with Crippen LogP contribution in [0, 0.1) is 27.7 Å². The van der Waals surface area contributed by atoms with E-state index in [-0.39, 0.29) is 7.43 Å². The van der Waals surface area contributed by atoms with Crippen molar-refractivity contribution < 1.29 is 4.52 Å². The van der Waals surface area contributed by atoms with E-state index in [4.69, 9.17) is 16.1 Å². The minimum Gasteiger partial charge on any atom is -0.336 e. The lowest BCUT2D eigenvalue weighted by atomic mass is 10.3. The van der Waals surface area contributed by atoms with E-state index in [1.165, 1.54) is 74.2 Å². The minimum atomic E-state index is 0. The summed E-state index contributed by atoms with van der Waals surface area (Å²) in [6, 6.07) is 24.7. The fraction of sp³-hybridized carbons (Fsp3) is 0.354. The molecule has 0 saturated carbocycles. The minimum absolute atomic E-state index is 0. The predicted molar refractivity (Wildman–Crippen MR) is 507 cm³/mol. The highest BCUT2D eigenvalue weighted by Gasteiger charge is 2.16. The van der Waals surface area contributed by atoms with Crippen LogP contribution in [-0.4, -0.2) is 102 Å². The molecule has 0 aliphatic rings. The van der Waals surface area contributed by atoms with Crippen molar-refractivity contribution >= 4 is 268 Å². The molecule has 16 aromatic rings. The molecule has 0 amide bonds. The molecule has 0 atom stereocenters. The van der Waals surface area contributed by atoms with Crippen molar-refractivity contribution in [2.75, 3.05) is 0 Å². The number of nitrogens with zero attached hydrogens (tertiary/aromatic N) is 12. The molecule has 0 bridgehead atoms. The van der Waals surface area contributed by atoms with Crippen molar-refractivity contribution in [1.29, 1.82) is 0 Å². The molecule has 0 aromatic carbocycles. The molecule has 29 heteroatoms. The Morgan fingerprint density at radius 2 is 0.991 bits per heavy atom. The second-order valence-corrected chi connectivity index (χ2v) is 46.5. The van der Waals surface area contributed by atoms with Crippen molar-refractivity contribution in [3.63, 3.8) is 0 Å². The van der Waals surface area contributed by atoms with Gasteiger partial charge in [-0.3, -0.25) is 19.9 Å². The van der Waals surface area contributed by atoms with Crippen molar-refractivity contribution in [3.05, 3.63) is 175 Å². The molecule has 13 nitrogen and oxygen atoms in total. The van der Waals surface area contributed by atoms with Crippen LogP contribution in [0.3, 0.4) is 0 Å². The zero-order valence-corrected chi connectivity index (χ0v) is 79.0. The SMILES string of the molecule is C.CC(C)Sc1c(Br)cnc2ccsc12.CC(C)Sc1cc(Cl)nc2ccsc12.CC(C)Sc1ccnc2ccsc12.CC(C)Sc1ncnc2sccc12.Cc1cc(SC(C)C)n2nccc2n1.Cc1cc2nccc(SC(C)C)c2s1.Cc1csc2c(SC(C)C)ccnc12.Cc1noc2nccc(SC(C)C)c12. The van der Waals surface area contributed by atoms with Gasteiger partial charge in [0, 0.05) is 124 Å². The first kappa shape index (κ1) is 91.9. The highest BCUT2D eigenvalue weighted by molar-refractivity contribution is 9.10. The number of aryl methyl sites for hydroxylation is 4. The van der Waals surface area contributed by atoms with Crippen LogP contribution in [0.1, 0.15) is 140 Å². The third kappa shape index (κ3) is 27.5. The van der Waals surface area contributed by atoms with Crippen LogP contribution in [0.15, 0.2) is 192 Å². The molecule has 16 heterocycles. The van der Waals surface area contributed by atoms with Crippen LogP contribution in [0.25, 0.3) is 78.0 Å². The normalized spacial score (nSPS) is 11.3. The summed E-state index contributed by atoms with van der Waals surface area (Å²) in [5, 5.41) is 28.5. The van der Waals surface area contributed by atoms with E-state index >= 15 is 0 Å². The molecule has 0 unspecified atom stereocenters. The molecule has 0 radical (unpaired) electrons. The van der Waals surface area contributed by atoms with E-state index in [0.717, 1.165) is 63.8 Å². The highest BCUT2D eigenvalue weighted by atomic mass is 79.9. The van der Waals surface area contributed by atoms with Gasteiger partial charge in [0.05, 0.1) is 72.8 Å². The summed E-state index contributed by atoms with van der Waals surface area (Å²) in [6.45, 7) is 43.3. The lowest BCUT2D eigenvalue weighted by molar-refractivity contribution is 0.443. The van der Waals surface area contributed by atoms with E-state index in [2.05, 4.69) is 271 Å². The summed E-state index contributed by atoms with van der Waals surface area (Å²) in [5.41, 5.74) is 10.3. The molecule has 0 fully saturated rings. The van der Waals surface area contributed by atoms with Gasteiger partial charge in [-0.05, 0) is 143 Å². The van der Waals surface area contributed by atoms with E-state index < -0.39 is 0 Å². The monoisotopic (exact) mass is 1830 g/mol. The van der Waals surface area contributed by atoms with Crippen LogP contribution in [0.2, 0.25) is 5.15 Å². The van der Waals surface area contributed by atoms with Gasteiger partial charge in [-0.15, -0.1) is 162 Å². The topological polar surface area (TPSA) is 159 Å². The molecule has 16 aromatic heterocycles. The Bertz CT molecular complexity index is 5340. The van der Waals surface area contributed by atoms with Gasteiger partial charge in [-0.25, -0.2) is 29.4 Å². The van der Waals surface area contributed by atoms with Crippen molar-refractivity contribution in [1.82, 2.24) is 59.6 Å². The molecular formula is C82H96BrClN12OS14. The van der Waals surface area contributed by atoms with Gasteiger partial charge in [-0.1, -0.05) is 135 Å². The summed E-state index contributed by atoms with van der Waals surface area (Å²) in [6.07, 6.45) is 12.8. The van der Waals surface area contributed by atoms with Crippen LogP contribution >= 0.6 is 190 Å². The van der Waals surface area contributed by atoms with Gasteiger partial charge in [0.2, 0.25) is 0 Å². The molecule has 0 spiro atoms. The number of hydrogen-bond acceptors (Lipinski definition) is 26. The summed E-state index contributed by atoms with van der Waals surface area (Å²) >= 11 is 34.9. The maximum absolute atomic E-state index is 5.94. The van der Waals surface area contributed by atoms with Crippen LogP contribution in [0.5, 0.6) is 0 Å². The van der Waals surface area contributed by atoms with Gasteiger partial charge in [0.25, 0.3) is 5.71 Å².